The molecule has 0 aliphatic carbocycles. The first-order chi connectivity index (χ1) is 10.6. The fourth-order valence-electron chi connectivity index (χ4n) is 2.43. The summed E-state index contributed by atoms with van der Waals surface area (Å²) in [5.74, 6) is -0.125. The highest BCUT2D eigenvalue weighted by Crippen LogP contribution is 2.46. The van der Waals surface area contributed by atoms with Crippen LogP contribution in [0.15, 0.2) is 44.5 Å². The van der Waals surface area contributed by atoms with Crippen molar-refractivity contribution in [3.05, 3.63) is 44.4 Å². The molecule has 0 spiro atoms. The van der Waals surface area contributed by atoms with E-state index in [0.717, 1.165) is 4.88 Å². The van der Waals surface area contributed by atoms with E-state index >= 15 is 0 Å². The van der Waals surface area contributed by atoms with E-state index < -0.39 is 12.0 Å². The van der Waals surface area contributed by atoms with Crippen molar-refractivity contribution in [3.8, 4) is 6.07 Å². The van der Waals surface area contributed by atoms with E-state index in [9.17, 15) is 10.1 Å². The number of thioether (sulfide) groups is 1. The van der Waals surface area contributed by atoms with Crippen LogP contribution < -0.4 is 5.73 Å². The van der Waals surface area contributed by atoms with Gasteiger partial charge < -0.3 is 10.5 Å². The molecule has 0 bridgehead atoms. The average molecular weight is 332 g/mol. The first kappa shape index (κ1) is 14.7. The molecule has 8 heteroatoms. The van der Waals surface area contributed by atoms with Crippen molar-refractivity contribution in [2.75, 3.05) is 7.11 Å². The van der Waals surface area contributed by atoms with Gasteiger partial charge in [-0.15, -0.1) is 11.3 Å². The van der Waals surface area contributed by atoms with Gasteiger partial charge in [0.15, 0.2) is 5.17 Å². The Morgan fingerprint density at radius 2 is 2.36 bits per heavy atom. The molecule has 0 fully saturated rings. The lowest BCUT2D eigenvalue weighted by Gasteiger charge is -2.33. The standard InChI is InChI=1S/C14H12N4O2S2/c1-7-10(13(19)20-2)11(8-4-3-5-21-8)18-12(16)9(6-15)22-14(18)17-7/h3-5,11H,16H2,1-2H3/t11-/m0/s1. The minimum atomic E-state index is -0.443. The third-order valence-electron chi connectivity index (χ3n) is 3.40. The van der Waals surface area contributed by atoms with Gasteiger partial charge in [-0.2, -0.15) is 5.26 Å². The number of allylic oxidation sites excluding steroid dienone is 2. The molecule has 1 atom stereocenters. The van der Waals surface area contributed by atoms with E-state index in [2.05, 4.69) is 11.1 Å². The smallest absolute Gasteiger partial charge is 0.338 e. The molecule has 0 unspecified atom stereocenters. The quantitative estimate of drug-likeness (QED) is 0.836. The maximum atomic E-state index is 12.2. The maximum Gasteiger partial charge on any atom is 0.338 e. The number of hydrogen-bond donors (Lipinski definition) is 1. The van der Waals surface area contributed by atoms with Gasteiger partial charge in [-0.05, 0) is 30.1 Å². The van der Waals surface area contributed by atoms with E-state index in [1.807, 2.05) is 17.5 Å². The summed E-state index contributed by atoms with van der Waals surface area (Å²) in [6, 6.07) is 5.49. The lowest BCUT2D eigenvalue weighted by atomic mass is 10.0. The molecule has 22 heavy (non-hydrogen) atoms. The zero-order chi connectivity index (χ0) is 15.9. The van der Waals surface area contributed by atoms with E-state index in [4.69, 9.17) is 10.5 Å². The normalized spacial score (nSPS) is 20.7. The average Bonchev–Trinajstić information content (AvgIpc) is 3.13. The molecule has 2 N–H and O–H groups in total. The van der Waals surface area contributed by atoms with Gasteiger partial charge in [-0.1, -0.05) is 6.07 Å². The number of amidine groups is 1. The van der Waals surface area contributed by atoms with Gasteiger partial charge in [0.2, 0.25) is 0 Å². The summed E-state index contributed by atoms with van der Waals surface area (Å²) in [4.78, 5) is 19.7. The zero-order valence-electron chi connectivity index (χ0n) is 11.9. The molecule has 3 heterocycles. The number of aliphatic imine (C=N–C) groups is 1. The van der Waals surface area contributed by atoms with Crippen molar-refractivity contribution in [1.82, 2.24) is 4.90 Å². The number of nitrogens with two attached hydrogens (primary N) is 1. The molecule has 0 saturated carbocycles. The van der Waals surface area contributed by atoms with Crippen LogP contribution >= 0.6 is 23.1 Å². The minimum Gasteiger partial charge on any atom is -0.466 e. The second kappa shape index (κ2) is 5.51. The summed E-state index contributed by atoms with van der Waals surface area (Å²) in [6.07, 6.45) is 0. The van der Waals surface area contributed by atoms with Gasteiger partial charge in [0.25, 0.3) is 0 Å². The van der Waals surface area contributed by atoms with Gasteiger partial charge in [0.1, 0.15) is 22.8 Å². The van der Waals surface area contributed by atoms with Crippen LogP contribution in [0.3, 0.4) is 0 Å². The summed E-state index contributed by atoms with van der Waals surface area (Å²) in [5.41, 5.74) is 7.12. The molecule has 2 aliphatic rings. The Labute approximate surface area is 135 Å². The van der Waals surface area contributed by atoms with Crippen molar-refractivity contribution in [1.29, 1.82) is 5.26 Å². The number of fused-ring (bicyclic) bond motifs is 1. The third-order valence-corrected chi connectivity index (χ3v) is 5.30. The first-order valence-electron chi connectivity index (χ1n) is 6.36. The van der Waals surface area contributed by atoms with Crippen LogP contribution in [0.25, 0.3) is 0 Å². The Kier molecular flexibility index (Phi) is 3.68. The summed E-state index contributed by atoms with van der Waals surface area (Å²) in [7, 11) is 1.34. The second-order valence-corrected chi connectivity index (χ2v) is 6.56. The van der Waals surface area contributed by atoms with Crippen LogP contribution in [0, 0.1) is 11.3 Å². The number of methoxy groups -OCH3 is 1. The second-order valence-electron chi connectivity index (χ2n) is 4.60. The number of rotatable bonds is 2. The van der Waals surface area contributed by atoms with Crippen molar-refractivity contribution in [2.24, 2.45) is 10.7 Å². The Morgan fingerprint density at radius 3 is 2.95 bits per heavy atom. The molecule has 1 aromatic rings. The molecule has 0 saturated heterocycles. The predicted molar refractivity (Wildman–Crippen MR) is 85.5 cm³/mol. The molecule has 6 nitrogen and oxygen atoms in total. The number of thiophene rings is 1. The van der Waals surface area contributed by atoms with Crippen LogP contribution in [-0.4, -0.2) is 23.1 Å². The van der Waals surface area contributed by atoms with E-state index in [0.29, 0.717) is 27.2 Å². The van der Waals surface area contributed by atoms with Crippen LogP contribution in [0.2, 0.25) is 0 Å². The number of carbonyl (C=O) groups is 1. The van der Waals surface area contributed by atoms with Crippen LogP contribution in [0.4, 0.5) is 0 Å². The minimum absolute atomic E-state index is 0.318. The molecule has 0 radical (unpaired) electrons. The van der Waals surface area contributed by atoms with Crippen molar-refractivity contribution in [2.45, 2.75) is 13.0 Å². The van der Waals surface area contributed by atoms with Gasteiger partial charge in [-0.3, -0.25) is 4.90 Å². The molecule has 0 amide bonds. The summed E-state index contributed by atoms with van der Waals surface area (Å²) in [6.45, 7) is 1.76. The van der Waals surface area contributed by atoms with E-state index in [1.165, 1.54) is 30.2 Å². The number of carbonyl (C=O) groups excluding carboxylic acids is 1. The largest absolute Gasteiger partial charge is 0.466 e. The lowest BCUT2D eigenvalue weighted by Crippen LogP contribution is -2.38. The number of esters is 1. The Bertz CT molecular complexity index is 771. The Balaban J connectivity index is 2.19. The van der Waals surface area contributed by atoms with Gasteiger partial charge >= 0.3 is 5.97 Å². The summed E-state index contributed by atoms with van der Waals surface area (Å²) >= 11 is 2.73. The monoisotopic (exact) mass is 332 g/mol. The highest BCUT2D eigenvalue weighted by atomic mass is 32.2. The van der Waals surface area contributed by atoms with Gasteiger partial charge in [-0.25, -0.2) is 9.79 Å². The van der Waals surface area contributed by atoms with Crippen LogP contribution in [0.1, 0.15) is 17.8 Å². The Hall–Kier alpha value is -2.24. The van der Waals surface area contributed by atoms with Crippen molar-refractivity contribution < 1.29 is 9.53 Å². The summed E-state index contributed by atoms with van der Waals surface area (Å²) < 4.78 is 4.91. The number of nitrogens with zero attached hydrogens (tertiary/aromatic N) is 3. The number of hydrogen-bond acceptors (Lipinski definition) is 8. The van der Waals surface area contributed by atoms with E-state index in [-0.39, 0.29) is 0 Å². The first-order valence-corrected chi connectivity index (χ1v) is 8.06. The highest BCUT2D eigenvalue weighted by Gasteiger charge is 2.42. The molecular weight excluding hydrogens is 320 g/mol. The lowest BCUT2D eigenvalue weighted by molar-refractivity contribution is -0.136. The van der Waals surface area contributed by atoms with E-state index in [1.54, 1.807) is 11.8 Å². The molecule has 3 rings (SSSR count). The molecule has 0 aromatic carbocycles. The number of nitriles is 1. The molecule has 1 aromatic heterocycles. The van der Waals surface area contributed by atoms with Crippen molar-refractivity contribution in [3.63, 3.8) is 0 Å². The van der Waals surface area contributed by atoms with Gasteiger partial charge in [0, 0.05) is 4.88 Å². The topological polar surface area (TPSA) is 91.7 Å². The maximum absolute atomic E-state index is 12.2. The zero-order valence-corrected chi connectivity index (χ0v) is 13.5. The van der Waals surface area contributed by atoms with Crippen LogP contribution in [-0.2, 0) is 9.53 Å². The fraction of sp³-hybridized carbons (Fsp3) is 0.214. The Morgan fingerprint density at radius 1 is 1.59 bits per heavy atom. The molecular formula is C14H12N4O2S2. The SMILES string of the molecule is COC(=O)C1=C(C)N=C2SC(C#N)=C(N)N2[C@H]1c1cccs1. The third kappa shape index (κ3) is 2.10. The van der Waals surface area contributed by atoms with Crippen molar-refractivity contribution >= 4 is 34.2 Å². The fourth-order valence-corrected chi connectivity index (χ4v) is 4.17. The molecule has 2 aliphatic heterocycles. The number of ether oxygens (including phenoxy) is 1. The van der Waals surface area contributed by atoms with Crippen LogP contribution in [0.5, 0.6) is 0 Å². The predicted octanol–water partition coefficient (Wildman–Crippen LogP) is 2.31. The highest BCUT2D eigenvalue weighted by molar-refractivity contribution is 8.17. The van der Waals surface area contributed by atoms with Gasteiger partial charge in [0.05, 0.1) is 18.4 Å². The summed E-state index contributed by atoms with van der Waals surface area (Å²) in [5, 5.41) is 11.7. The molecule has 112 valence electrons.